The highest BCUT2D eigenvalue weighted by Crippen LogP contribution is 2.46. The number of fused-ring (bicyclic) bond motifs is 3. The van der Waals surface area contributed by atoms with Gasteiger partial charge in [0.25, 0.3) is 5.91 Å². The number of carbonyl (C=O) groups excluding carboxylic acids is 4. The molecule has 0 radical (unpaired) electrons. The predicted octanol–water partition coefficient (Wildman–Crippen LogP) is 4.88. The average Bonchev–Trinajstić information content (AvgIpc) is 4.11. The maximum atomic E-state index is 14.7. The Bertz CT molecular complexity index is 2230. The van der Waals surface area contributed by atoms with Crippen molar-refractivity contribution in [1.29, 1.82) is 0 Å². The Morgan fingerprint density at radius 3 is 2.54 bits per heavy atom. The SMILES string of the molecule is C=C[C@H]1C[C@]1(NC(=O)[C@@H]1C[C@@H]2CN1C(=O)[C@H](C(C)(C)C)NC(=O)OCCC/C=C/c1cc3c(cc(-c4ccccc4)nc3cc1OC)O2)C(=O)NS(=O)(=O)C1CC1. The molecule has 3 fully saturated rings. The van der Waals surface area contributed by atoms with Crippen molar-refractivity contribution >= 4 is 50.8 Å². The third kappa shape index (κ3) is 8.34. The first kappa shape index (κ1) is 39.8. The Labute approximate surface area is 332 Å². The van der Waals surface area contributed by atoms with E-state index in [4.69, 9.17) is 19.2 Å². The highest BCUT2D eigenvalue weighted by atomic mass is 32.2. The van der Waals surface area contributed by atoms with Gasteiger partial charge in [-0.3, -0.25) is 19.1 Å². The van der Waals surface area contributed by atoms with Gasteiger partial charge in [-0.05, 0) is 43.6 Å². The molecule has 3 N–H and O–H groups in total. The van der Waals surface area contributed by atoms with Gasteiger partial charge < -0.3 is 29.7 Å². The van der Waals surface area contributed by atoms with Crippen LogP contribution in [0.5, 0.6) is 11.5 Å². The van der Waals surface area contributed by atoms with Gasteiger partial charge in [-0.1, -0.05) is 69.3 Å². The molecule has 2 aliphatic heterocycles. The summed E-state index contributed by atoms with van der Waals surface area (Å²) >= 11 is 0. The van der Waals surface area contributed by atoms with Crippen LogP contribution in [0.25, 0.3) is 28.2 Å². The topological polar surface area (TPSA) is 182 Å². The van der Waals surface area contributed by atoms with Crippen LogP contribution in [0.1, 0.15) is 64.9 Å². The van der Waals surface area contributed by atoms with Gasteiger partial charge in [0.15, 0.2) is 0 Å². The molecule has 57 heavy (non-hydrogen) atoms. The van der Waals surface area contributed by atoms with Crippen molar-refractivity contribution < 1.29 is 41.8 Å². The maximum absolute atomic E-state index is 14.7. The standard InChI is InChI=1S/C42H49N5O9S/c1-6-27-23-42(27,39(50)46-57(52,53)29-16-17-29)45-37(48)33-20-28-24-47(33)38(49)36(41(2,3)4)44-40(51)55-18-12-8-11-15-26-19-30-32(22-34(26)54-5)43-31(21-35(30)56-28)25-13-9-7-10-14-25/h6-7,9-11,13-15,19,21-22,27-29,33,36H,1,8,12,16-18,20,23-24H2,2-5H3,(H,44,51)(H,45,48)(H,46,50)/b15-11+/t27-,28+,33-,36+,42+/m0/s1. The molecule has 3 aromatic rings. The Morgan fingerprint density at radius 1 is 1.12 bits per heavy atom. The van der Waals surface area contributed by atoms with Crippen molar-refractivity contribution in [3.8, 4) is 22.8 Å². The summed E-state index contributed by atoms with van der Waals surface area (Å²) in [4.78, 5) is 62.2. The van der Waals surface area contributed by atoms with Crippen molar-refractivity contribution in [3.63, 3.8) is 0 Å². The van der Waals surface area contributed by atoms with E-state index in [0.29, 0.717) is 53.8 Å². The lowest BCUT2D eigenvalue weighted by Gasteiger charge is -2.35. The van der Waals surface area contributed by atoms with Gasteiger partial charge in [0.1, 0.15) is 35.2 Å². The molecule has 2 saturated carbocycles. The first-order valence-corrected chi connectivity index (χ1v) is 20.8. The monoisotopic (exact) mass is 799 g/mol. The molecule has 2 aliphatic carbocycles. The molecule has 3 heterocycles. The average molecular weight is 800 g/mol. The minimum atomic E-state index is -3.92. The van der Waals surface area contributed by atoms with E-state index in [-0.39, 0.29) is 26.0 Å². The molecule has 302 valence electrons. The fourth-order valence-corrected chi connectivity index (χ4v) is 8.89. The summed E-state index contributed by atoms with van der Waals surface area (Å²) in [5, 5.41) is 5.60. The van der Waals surface area contributed by atoms with E-state index in [1.807, 2.05) is 60.7 Å². The molecule has 7 rings (SSSR count). The van der Waals surface area contributed by atoms with E-state index >= 15 is 0 Å². The van der Waals surface area contributed by atoms with Crippen LogP contribution < -0.4 is 24.8 Å². The number of rotatable bonds is 8. The number of pyridine rings is 1. The van der Waals surface area contributed by atoms with Gasteiger partial charge in [-0.15, -0.1) is 6.58 Å². The van der Waals surface area contributed by atoms with Crippen molar-refractivity contribution in [2.75, 3.05) is 20.3 Å². The van der Waals surface area contributed by atoms with Gasteiger partial charge in [0.2, 0.25) is 21.8 Å². The number of benzene rings is 2. The minimum Gasteiger partial charge on any atom is -0.496 e. The first-order chi connectivity index (χ1) is 27.1. The predicted molar refractivity (Wildman–Crippen MR) is 214 cm³/mol. The Hall–Kier alpha value is -5.44. The Balaban J connectivity index is 1.29. The Kier molecular flexibility index (Phi) is 10.8. The number of amides is 4. The Morgan fingerprint density at radius 2 is 1.88 bits per heavy atom. The summed E-state index contributed by atoms with van der Waals surface area (Å²) in [5.74, 6) is -1.52. The fourth-order valence-electron chi connectivity index (χ4n) is 7.52. The van der Waals surface area contributed by atoms with Crippen molar-refractivity contribution in [2.45, 2.75) is 88.3 Å². The number of nitrogens with zero attached hydrogens (tertiary/aromatic N) is 2. The zero-order valence-corrected chi connectivity index (χ0v) is 33.4. The summed E-state index contributed by atoms with van der Waals surface area (Å²) in [6.07, 6.45) is 6.06. The lowest BCUT2D eigenvalue weighted by atomic mass is 9.85. The molecule has 5 atom stereocenters. The van der Waals surface area contributed by atoms with Crippen LogP contribution in [0, 0.1) is 11.3 Å². The van der Waals surface area contributed by atoms with Crippen molar-refractivity contribution in [2.24, 2.45) is 11.3 Å². The normalized spacial score (nSPS) is 25.9. The molecule has 4 amide bonds. The minimum absolute atomic E-state index is 0.0170. The second-order valence-corrected chi connectivity index (χ2v) is 18.2. The van der Waals surface area contributed by atoms with Crippen LogP contribution in [-0.2, 0) is 29.1 Å². The number of allylic oxidation sites excluding steroid dienone is 1. The number of ether oxygens (including phenoxy) is 3. The van der Waals surface area contributed by atoms with Crippen LogP contribution in [0.15, 0.2) is 67.3 Å². The van der Waals surface area contributed by atoms with Gasteiger partial charge in [0, 0.05) is 41.0 Å². The number of hydrogen-bond donors (Lipinski definition) is 3. The molecule has 15 heteroatoms. The summed E-state index contributed by atoms with van der Waals surface area (Å²) in [7, 11) is -2.33. The summed E-state index contributed by atoms with van der Waals surface area (Å²) in [5.41, 5.74) is 0.481. The summed E-state index contributed by atoms with van der Waals surface area (Å²) < 4.78 is 45.8. The second-order valence-electron chi connectivity index (χ2n) is 16.3. The molecule has 14 nitrogen and oxygen atoms in total. The highest BCUT2D eigenvalue weighted by Gasteiger charge is 2.62. The number of methoxy groups -OCH3 is 1. The van der Waals surface area contributed by atoms with Crippen LogP contribution in [0.2, 0.25) is 0 Å². The maximum Gasteiger partial charge on any atom is 0.407 e. The molecular formula is C42H49N5O9S. The van der Waals surface area contributed by atoms with Crippen LogP contribution in [0.4, 0.5) is 4.79 Å². The van der Waals surface area contributed by atoms with E-state index in [0.717, 1.165) is 11.1 Å². The third-order valence-electron chi connectivity index (χ3n) is 11.0. The third-order valence-corrected chi connectivity index (χ3v) is 12.8. The van der Waals surface area contributed by atoms with E-state index in [1.165, 1.54) is 11.0 Å². The smallest absolute Gasteiger partial charge is 0.407 e. The lowest BCUT2D eigenvalue weighted by Crippen LogP contribution is -2.60. The number of nitrogens with one attached hydrogen (secondary N) is 3. The molecule has 1 aromatic heterocycles. The fraction of sp³-hybridized carbons (Fsp3) is 0.452. The molecule has 1 saturated heterocycles. The largest absolute Gasteiger partial charge is 0.496 e. The molecule has 0 unspecified atom stereocenters. The number of sulfonamides is 1. The number of carbonyl (C=O) groups is 4. The van der Waals surface area contributed by atoms with Crippen molar-refractivity contribution in [3.05, 3.63) is 72.8 Å². The van der Waals surface area contributed by atoms with Gasteiger partial charge >= 0.3 is 6.09 Å². The van der Waals surface area contributed by atoms with E-state index in [9.17, 15) is 27.6 Å². The highest BCUT2D eigenvalue weighted by molar-refractivity contribution is 7.91. The lowest BCUT2D eigenvalue weighted by molar-refractivity contribution is -0.142. The zero-order chi connectivity index (χ0) is 40.7. The zero-order valence-electron chi connectivity index (χ0n) is 32.6. The summed E-state index contributed by atoms with van der Waals surface area (Å²) in [6, 6.07) is 12.9. The second kappa shape index (κ2) is 15.5. The van der Waals surface area contributed by atoms with E-state index in [2.05, 4.69) is 21.9 Å². The molecule has 4 bridgehead atoms. The molecule has 4 aliphatic rings. The van der Waals surface area contributed by atoms with Gasteiger partial charge in [0.05, 0.1) is 36.7 Å². The molecule has 0 spiro atoms. The van der Waals surface area contributed by atoms with Gasteiger partial charge in [-0.2, -0.15) is 0 Å². The first-order valence-electron chi connectivity index (χ1n) is 19.3. The van der Waals surface area contributed by atoms with E-state index < -0.39 is 74.1 Å². The van der Waals surface area contributed by atoms with E-state index in [1.54, 1.807) is 27.9 Å². The summed E-state index contributed by atoms with van der Waals surface area (Å²) in [6.45, 7) is 9.24. The van der Waals surface area contributed by atoms with Crippen LogP contribution in [0.3, 0.4) is 0 Å². The van der Waals surface area contributed by atoms with Crippen molar-refractivity contribution in [1.82, 2.24) is 25.2 Å². The number of alkyl carbamates (subject to hydrolysis) is 1. The molecule has 2 aromatic carbocycles. The van der Waals surface area contributed by atoms with Gasteiger partial charge in [-0.25, -0.2) is 18.2 Å². The van der Waals surface area contributed by atoms with Crippen LogP contribution in [-0.4, -0.2) is 91.4 Å². The quantitative estimate of drug-likeness (QED) is 0.266. The number of hydrogen-bond acceptors (Lipinski definition) is 10. The molecular weight excluding hydrogens is 751 g/mol. The van der Waals surface area contributed by atoms with Crippen LogP contribution >= 0.6 is 0 Å². The number of cyclic esters (lactones) is 1. The number of aromatic nitrogens is 1.